The van der Waals surface area contributed by atoms with Crippen LogP contribution in [0.5, 0.6) is 0 Å². The second-order valence-corrected chi connectivity index (χ2v) is 7.95. The van der Waals surface area contributed by atoms with Gasteiger partial charge in [0.1, 0.15) is 0 Å². The Bertz CT molecular complexity index is 658. The van der Waals surface area contributed by atoms with E-state index in [1.165, 1.54) is 32.1 Å². The summed E-state index contributed by atoms with van der Waals surface area (Å²) in [4.78, 5) is 4.63. The summed E-state index contributed by atoms with van der Waals surface area (Å²) in [6.07, 6.45) is 7.35. The minimum absolute atomic E-state index is 0. The van der Waals surface area contributed by atoms with E-state index in [1.54, 1.807) is 6.07 Å². The molecule has 1 aliphatic rings. The van der Waals surface area contributed by atoms with Crippen LogP contribution in [0.25, 0.3) is 0 Å². The molecule has 0 heterocycles. The summed E-state index contributed by atoms with van der Waals surface area (Å²) >= 11 is 0. The van der Waals surface area contributed by atoms with Crippen LogP contribution < -0.4 is 15.4 Å². The highest BCUT2D eigenvalue weighted by molar-refractivity contribution is 14.0. The summed E-state index contributed by atoms with van der Waals surface area (Å²) in [5.74, 6) is 0.790. The van der Waals surface area contributed by atoms with Crippen molar-refractivity contribution in [1.82, 2.24) is 10.6 Å². The van der Waals surface area contributed by atoms with Crippen LogP contribution in [0.15, 0.2) is 29.3 Å². The largest absolute Gasteiger partial charge is 0.357 e. The van der Waals surface area contributed by atoms with E-state index in [2.05, 4.69) is 20.3 Å². The molecule has 1 saturated carbocycles. The topological polar surface area (TPSA) is 82.6 Å². The summed E-state index contributed by atoms with van der Waals surface area (Å²) in [5.41, 5.74) is 1.43. The Morgan fingerprint density at radius 2 is 1.88 bits per heavy atom. The Kier molecular flexibility index (Phi) is 9.55. The van der Waals surface area contributed by atoms with Crippen LogP contribution in [-0.2, 0) is 16.6 Å². The third-order valence-electron chi connectivity index (χ3n) is 4.01. The molecule has 8 heteroatoms. The number of nitrogens with zero attached hydrogens (tertiary/aromatic N) is 1. The normalized spacial score (nSPS) is 16.0. The summed E-state index contributed by atoms with van der Waals surface area (Å²) < 4.78 is 25.5. The Hall–Kier alpha value is -1.03. The van der Waals surface area contributed by atoms with Gasteiger partial charge in [-0.2, -0.15) is 0 Å². The lowest BCUT2D eigenvalue weighted by atomic mass is 9.96. The molecule has 1 aromatic rings. The SMILES string of the molecule is CCNC(=NCc1ccccc1NS(C)(=O)=O)NC1CCCCC1.I. The number of benzene rings is 1. The zero-order valence-corrected chi connectivity index (χ0v) is 18.1. The molecule has 0 amide bonds. The number of hydrogen-bond donors (Lipinski definition) is 3. The first-order chi connectivity index (χ1) is 11.5. The van der Waals surface area contributed by atoms with Gasteiger partial charge in [-0.15, -0.1) is 24.0 Å². The number of para-hydroxylation sites is 1. The molecule has 142 valence electrons. The fraction of sp³-hybridized carbons (Fsp3) is 0.588. The van der Waals surface area contributed by atoms with E-state index < -0.39 is 10.0 Å². The Labute approximate surface area is 168 Å². The minimum Gasteiger partial charge on any atom is -0.357 e. The van der Waals surface area contributed by atoms with Gasteiger partial charge >= 0.3 is 0 Å². The lowest BCUT2D eigenvalue weighted by Gasteiger charge is -2.25. The first-order valence-corrected chi connectivity index (χ1v) is 10.5. The molecule has 0 unspecified atom stereocenters. The number of nitrogens with one attached hydrogen (secondary N) is 3. The fourth-order valence-electron chi connectivity index (χ4n) is 2.88. The maximum atomic E-state index is 11.5. The highest BCUT2D eigenvalue weighted by Gasteiger charge is 2.14. The van der Waals surface area contributed by atoms with Gasteiger partial charge in [-0.05, 0) is 31.4 Å². The number of guanidine groups is 1. The van der Waals surface area contributed by atoms with Gasteiger partial charge < -0.3 is 10.6 Å². The molecular formula is C17H29IN4O2S. The van der Waals surface area contributed by atoms with Crippen LogP contribution >= 0.6 is 24.0 Å². The lowest BCUT2D eigenvalue weighted by Crippen LogP contribution is -2.44. The van der Waals surface area contributed by atoms with Crippen molar-refractivity contribution in [3.63, 3.8) is 0 Å². The Balaban J connectivity index is 0.00000312. The second kappa shape index (κ2) is 10.8. The van der Waals surface area contributed by atoms with E-state index in [9.17, 15) is 8.42 Å². The molecule has 6 nitrogen and oxygen atoms in total. The molecule has 0 saturated heterocycles. The molecule has 3 N–H and O–H groups in total. The average molecular weight is 480 g/mol. The predicted molar refractivity (Wildman–Crippen MR) is 115 cm³/mol. The highest BCUT2D eigenvalue weighted by Crippen LogP contribution is 2.18. The van der Waals surface area contributed by atoms with E-state index in [4.69, 9.17) is 0 Å². The van der Waals surface area contributed by atoms with Crippen LogP contribution in [0.3, 0.4) is 0 Å². The molecule has 1 aliphatic carbocycles. The van der Waals surface area contributed by atoms with Crippen molar-refractivity contribution in [3.05, 3.63) is 29.8 Å². The molecule has 0 bridgehead atoms. The molecule has 0 radical (unpaired) electrons. The summed E-state index contributed by atoms with van der Waals surface area (Å²) in [6.45, 7) is 3.25. The number of anilines is 1. The van der Waals surface area contributed by atoms with Crippen molar-refractivity contribution < 1.29 is 8.42 Å². The van der Waals surface area contributed by atoms with Gasteiger partial charge in [-0.25, -0.2) is 13.4 Å². The van der Waals surface area contributed by atoms with Crippen molar-refractivity contribution in [2.24, 2.45) is 4.99 Å². The summed E-state index contributed by atoms with van der Waals surface area (Å²) in [7, 11) is -3.30. The maximum absolute atomic E-state index is 11.5. The first-order valence-electron chi connectivity index (χ1n) is 8.58. The molecule has 0 spiro atoms. The molecule has 1 aromatic carbocycles. The van der Waals surface area contributed by atoms with Crippen molar-refractivity contribution in [2.45, 2.75) is 51.6 Å². The van der Waals surface area contributed by atoms with Crippen LogP contribution in [-0.4, -0.2) is 33.2 Å². The average Bonchev–Trinajstić information content (AvgIpc) is 2.53. The standard InChI is InChI=1S/C17H28N4O2S.HI/c1-3-18-17(20-15-10-5-4-6-11-15)19-13-14-9-7-8-12-16(14)21-24(2,22)23;/h7-9,12,15,21H,3-6,10-11,13H2,1-2H3,(H2,18,19,20);1H. The third kappa shape index (κ3) is 8.26. The van der Waals surface area contributed by atoms with Crippen LogP contribution in [0.1, 0.15) is 44.6 Å². The predicted octanol–water partition coefficient (Wildman–Crippen LogP) is 3.06. The number of hydrogen-bond acceptors (Lipinski definition) is 3. The second-order valence-electron chi connectivity index (χ2n) is 6.21. The van der Waals surface area contributed by atoms with Crippen LogP contribution in [0, 0.1) is 0 Å². The smallest absolute Gasteiger partial charge is 0.229 e. The van der Waals surface area contributed by atoms with Crippen molar-refractivity contribution >= 4 is 45.6 Å². The number of halogens is 1. The monoisotopic (exact) mass is 480 g/mol. The quantitative estimate of drug-likeness (QED) is 0.332. The lowest BCUT2D eigenvalue weighted by molar-refractivity contribution is 0.410. The fourth-order valence-corrected chi connectivity index (χ4v) is 3.48. The van der Waals surface area contributed by atoms with Crippen molar-refractivity contribution in [2.75, 3.05) is 17.5 Å². The highest BCUT2D eigenvalue weighted by atomic mass is 127. The molecule has 25 heavy (non-hydrogen) atoms. The van der Waals surface area contributed by atoms with Gasteiger partial charge in [0.25, 0.3) is 0 Å². The van der Waals surface area contributed by atoms with Crippen molar-refractivity contribution in [3.8, 4) is 0 Å². The number of aliphatic imine (C=N–C) groups is 1. The van der Waals surface area contributed by atoms with Gasteiger partial charge in [0.05, 0.1) is 18.5 Å². The Morgan fingerprint density at radius 1 is 1.20 bits per heavy atom. The molecule has 0 aliphatic heterocycles. The van der Waals surface area contributed by atoms with Gasteiger partial charge in [0, 0.05) is 12.6 Å². The molecule has 0 aromatic heterocycles. The van der Waals surface area contributed by atoms with E-state index in [0.29, 0.717) is 18.3 Å². The minimum atomic E-state index is -3.30. The van der Waals surface area contributed by atoms with Crippen LogP contribution in [0.2, 0.25) is 0 Å². The van der Waals surface area contributed by atoms with Gasteiger partial charge in [0.2, 0.25) is 10.0 Å². The van der Waals surface area contributed by atoms with E-state index in [-0.39, 0.29) is 24.0 Å². The van der Waals surface area contributed by atoms with E-state index in [1.807, 2.05) is 25.1 Å². The summed E-state index contributed by atoms with van der Waals surface area (Å²) in [6, 6.07) is 7.82. The third-order valence-corrected chi connectivity index (χ3v) is 4.60. The Morgan fingerprint density at radius 3 is 2.52 bits per heavy atom. The van der Waals surface area contributed by atoms with Gasteiger partial charge in [0.15, 0.2) is 5.96 Å². The zero-order chi connectivity index (χ0) is 17.4. The first kappa shape index (κ1) is 22.0. The zero-order valence-electron chi connectivity index (χ0n) is 14.9. The molecule has 0 atom stereocenters. The van der Waals surface area contributed by atoms with Gasteiger partial charge in [-0.1, -0.05) is 37.5 Å². The maximum Gasteiger partial charge on any atom is 0.229 e. The number of rotatable bonds is 6. The molecule has 2 rings (SSSR count). The number of sulfonamides is 1. The molecule has 1 fully saturated rings. The van der Waals surface area contributed by atoms with Gasteiger partial charge in [-0.3, -0.25) is 4.72 Å². The van der Waals surface area contributed by atoms with E-state index in [0.717, 1.165) is 24.3 Å². The van der Waals surface area contributed by atoms with Crippen molar-refractivity contribution in [1.29, 1.82) is 0 Å². The van der Waals surface area contributed by atoms with E-state index >= 15 is 0 Å². The summed E-state index contributed by atoms with van der Waals surface area (Å²) in [5, 5.41) is 6.76. The molecular weight excluding hydrogens is 451 g/mol. The van der Waals surface area contributed by atoms with Crippen LogP contribution in [0.4, 0.5) is 5.69 Å².